The molecule has 4 heteroatoms. The smallest absolute Gasteiger partial charge is 0.226 e. The number of nitrogens with zero attached hydrogens (tertiary/aromatic N) is 1. The summed E-state index contributed by atoms with van der Waals surface area (Å²) >= 11 is 0. The molecule has 0 N–H and O–H groups in total. The fourth-order valence-electron chi connectivity index (χ4n) is 3.22. The lowest BCUT2D eigenvalue weighted by atomic mass is 9.72. The summed E-state index contributed by atoms with van der Waals surface area (Å²) in [4.78, 5) is 17.2. The second-order valence-electron chi connectivity index (χ2n) is 6.03. The molecule has 2 aromatic heterocycles. The minimum absolute atomic E-state index is 0.0151. The SMILES string of the molecule is COc1ccc2c(c1)C(C)(C)c1oc3ncccc3c1C2=O. The largest absolute Gasteiger partial charge is 0.497 e. The zero-order chi connectivity index (χ0) is 15.5. The van der Waals surface area contributed by atoms with Crippen LogP contribution in [-0.4, -0.2) is 17.9 Å². The highest BCUT2D eigenvalue weighted by molar-refractivity contribution is 6.19. The third-order valence-electron chi connectivity index (χ3n) is 4.41. The van der Waals surface area contributed by atoms with Crippen molar-refractivity contribution in [2.45, 2.75) is 19.3 Å². The number of carbonyl (C=O) groups excluding carboxylic acids is 1. The Balaban J connectivity index is 2.08. The molecule has 0 amide bonds. The lowest BCUT2D eigenvalue weighted by Crippen LogP contribution is -2.29. The number of hydrogen-bond acceptors (Lipinski definition) is 4. The fourth-order valence-corrected chi connectivity index (χ4v) is 3.22. The Morgan fingerprint density at radius 2 is 2.05 bits per heavy atom. The first-order valence-electron chi connectivity index (χ1n) is 7.15. The van der Waals surface area contributed by atoms with Crippen LogP contribution in [0.3, 0.4) is 0 Å². The van der Waals surface area contributed by atoms with Crippen LogP contribution < -0.4 is 4.74 Å². The molecule has 0 spiro atoms. The Hall–Kier alpha value is -2.62. The second-order valence-corrected chi connectivity index (χ2v) is 6.03. The summed E-state index contributed by atoms with van der Waals surface area (Å²) < 4.78 is 11.2. The first-order chi connectivity index (χ1) is 10.5. The van der Waals surface area contributed by atoms with E-state index in [2.05, 4.69) is 18.8 Å². The molecule has 0 unspecified atom stereocenters. The highest BCUT2D eigenvalue weighted by Gasteiger charge is 2.41. The molecule has 1 aromatic carbocycles. The highest BCUT2D eigenvalue weighted by atomic mass is 16.5. The molecule has 0 fully saturated rings. The van der Waals surface area contributed by atoms with Crippen molar-refractivity contribution in [3.8, 4) is 5.75 Å². The van der Waals surface area contributed by atoms with Gasteiger partial charge in [-0.3, -0.25) is 4.79 Å². The van der Waals surface area contributed by atoms with Crippen molar-refractivity contribution in [2.75, 3.05) is 7.11 Å². The Bertz CT molecular complexity index is 921. The van der Waals surface area contributed by atoms with Crippen LogP contribution in [0.2, 0.25) is 0 Å². The molecule has 0 saturated heterocycles. The van der Waals surface area contributed by atoms with Gasteiger partial charge in [0.2, 0.25) is 5.71 Å². The van der Waals surface area contributed by atoms with E-state index >= 15 is 0 Å². The topological polar surface area (TPSA) is 52.3 Å². The van der Waals surface area contributed by atoms with E-state index in [1.165, 1.54) is 0 Å². The van der Waals surface area contributed by atoms with Crippen LogP contribution in [-0.2, 0) is 5.41 Å². The van der Waals surface area contributed by atoms with Crippen molar-refractivity contribution < 1.29 is 13.9 Å². The van der Waals surface area contributed by atoms with Gasteiger partial charge >= 0.3 is 0 Å². The average molecular weight is 293 g/mol. The minimum atomic E-state index is -0.423. The zero-order valence-corrected chi connectivity index (χ0v) is 12.6. The van der Waals surface area contributed by atoms with Crippen molar-refractivity contribution in [3.63, 3.8) is 0 Å². The lowest BCUT2D eigenvalue weighted by Gasteiger charge is -2.30. The Labute approximate surface area is 127 Å². The molecule has 110 valence electrons. The molecule has 22 heavy (non-hydrogen) atoms. The van der Waals surface area contributed by atoms with Crippen LogP contribution in [0.4, 0.5) is 0 Å². The molecule has 0 radical (unpaired) electrons. The van der Waals surface area contributed by atoms with Crippen molar-refractivity contribution in [1.29, 1.82) is 0 Å². The molecule has 0 saturated carbocycles. The molecule has 4 rings (SSSR count). The number of carbonyl (C=O) groups is 1. The Kier molecular flexibility index (Phi) is 2.49. The van der Waals surface area contributed by atoms with Crippen LogP contribution in [0, 0.1) is 0 Å². The number of rotatable bonds is 1. The molecular weight excluding hydrogens is 278 g/mol. The second kappa shape index (κ2) is 4.19. The monoisotopic (exact) mass is 293 g/mol. The molecule has 4 nitrogen and oxygen atoms in total. The van der Waals surface area contributed by atoms with Gasteiger partial charge in [0, 0.05) is 17.2 Å². The summed E-state index contributed by atoms with van der Waals surface area (Å²) in [6, 6.07) is 9.26. The van der Waals surface area contributed by atoms with E-state index in [-0.39, 0.29) is 5.78 Å². The van der Waals surface area contributed by atoms with Gasteiger partial charge in [-0.1, -0.05) is 0 Å². The van der Waals surface area contributed by atoms with E-state index in [9.17, 15) is 4.79 Å². The van der Waals surface area contributed by atoms with Crippen molar-refractivity contribution in [3.05, 3.63) is 59.0 Å². The van der Waals surface area contributed by atoms with E-state index in [4.69, 9.17) is 9.15 Å². The summed E-state index contributed by atoms with van der Waals surface area (Å²) in [6.07, 6.45) is 1.67. The van der Waals surface area contributed by atoms with Gasteiger partial charge in [-0.15, -0.1) is 0 Å². The Morgan fingerprint density at radius 3 is 2.82 bits per heavy atom. The van der Waals surface area contributed by atoms with E-state index < -0.39 is 5.41 Å². The molecule has 1 aliphatic rings. The van der Waals surface area contributed by atoms with Gasteiger partial charge < -0.3 is 9.15 Å². The van der Waals surface area contributed by atoms with Crippen LogP contribution in [0.25, 0.3) is 11.1 Å². The summed E-state index contributed by atoms with van der Waals surface area (Å²) in [5.74, 6) is 1.39. The first-order valence-corrected chi connectivity index (χ1v) is 7.15. The van der Waals surface area contributed by atoms with Crippen molar-refractivity contribution in [1.82, 2.24) is 4.98 Å². The third-order valence-corrected chi connectivity index (χ3v) is 4.41. The van der Waals surface area contributed by atoms with Crippen molar-refractivity contribution in [2.24, 2.45) is 0 Å². The number of ketones is 1. The lowest BCUT2D eigenvalue weighted by molar-refractivity contribution is 0.102. The maximum absolute atomic E-state index is 12.9. The van der Waals surface area contributed by atoms with E-state index in [0.29, 0.717) is 22.6 Å². The molecule has 2 heterocycles. The molecule has 0 aliphatic heterocycles. The van der Waals surface area contributed by atoms with E-state index in [1.54, 1.807) is 13.3 Å². The Morgan fingerprint density at radius 1 is 1.23 bits per heavy atom. The van der Waals surface area contributed by atoms with Gasteiger partial charge in [-0.05, 0) is 49.7 Å². The summed E-state index contributed by atoms with van der Waals surface area (Å²) in [7, 11) is 1.62. The van der Waals surface area contributed by atoms with Crippen LogP contribution in [0.1, 0.15) is 41.1 Å². The normalized spacial score (nSPS) is 15.5. The molecule has 3 aromatic rings. The zero-order valence-electron chi connectivity index (χ0n) is 12.6. The maximum Gasteiger partial charge on any atom is 0.226 e. The number of methoxy groups -OCH3 is 1. The van der Waals surface area contributed by atoms with Gasteiger partial charge in [-0.25, -0.2) is 4.98 Å². The summed E-state index contributed by atoms with van der Waals surface area (Å²) in [6.45, 7) is 4.11. The van der Waals surface area contributed by atoms with Gasteiger partial charge in [0.15, 0.2) is 5.78 Å². The average Bonchev–Trinajstić information content (AvgIpc) is 2.93. The van der Waals surface area contributed by atoms with Crippen molar-refractivity contribution >= 4 is 16.9 Å². The number of pyridine rings is 1. The first kappa shape index (κ1) is 13.1. The minimum Gasteiger partial charge on any atom is -0.497 e. The number of hydrogen-bond donors (Lipinski definition) is 0. The number of benzene rings is 1. The third kappa shape index (κ3) is 1.52. The predicted molar refractivity (Wildman–Crippen MR) is 82.6 cm³/mol. The summed E-state index contributed by atoms with van der Waals surface area (Å²) in [5.41, 5.74) is 2.33. The predicted octanol–water partition coefficient (Wildman–Crippen LogP) is 3.71. The van der Waals surface area contributed by atoms with Crippen LogP contribution >= 0.6 is 0 Å². The number of fused-ring (bicyclic) bond motifs is 4. The molecule has 1 aliphatic carbocycles. The molecule has 0 bridgehead atoms. The summed E-state index contributed by atoms with van der Waals surface area (Å²) in [5, 5.41) is 0.775. The van der Waals surface area contributed by atoms with E-state index in [0.717, 1.165) is 16.7 Å². The van der Waals surface area contributed by atoms with Crippen LogP contribution in [0.5, 0.6) is 5.75 Å². The molecular formula is C18H15NO3. The van der Waals surface area contributed by atoms with Gasteiger partial charge in [0.1, 0.15) is 11.5 Å². The van der Waals surface area contributed by atoms with Crippen LogP contribution in [0.15, 0.2) is 40.9 Å². The van der Waals surface area contributed by atoms with Gasteiger partial charge in [0.25, 0.3) is 0 Å². The fraction of sp³-hybridized carbons (Fsp3) is 0.222. The standard InChI is InChI=1S/C18H15NO3/c1-18(2)13-9-10(21-3)6-7-11(13)15(20)14-12-5-4-8-19-17(12)22-16(14)18/h4-9H,1-3H3. The number of furan rings is 1. The molecule has 0 atom stereocenters. The number of ether oxygens (including phenoxy) is 1. The van der Waals surface area contributed by atoms with Gasteiger partial charge in [0.05, 0.1) is 18.1 Å². The number of aromatic nitrogens is 1. The van der Waals surface area contributed by atoms with E-state index in [1.807, 2.05) is 30.3 Å². The quantitative estimate of drug-likeness (QED) is 0.686. The van der Waals surface area contributed by atoms with Gasteiger partial charge in [-0.2, -0.15) is 0 Å². The highest BCUT2D eigenvalue weighted by Crippen LogP contribution is 2.45. The maximum atomic E-state index is 12.9.